The molecule has 1 saturated heterocycles. The van der Waals surface area contributed by atoms with Crippen molar-refractivity contribution in [1.29, 1.82) is 0 Å². The monoisotopic (exact) mass is 326 g/mol. The van der Waals surface area contributed by atoms with Gasteiger partial charge in [-0.25, -0.2) is 13.1 Å². The zero-order chi connectivity index (χ0) is 15.6. The molecule has 1 saturated carbocycles. The first-order valence-electron chi connectivity index (χ1n) is 7.64. The Kier molecular flexibility index (Phi) is 4.79. The zero-order valence-corrected chi connectivity index (χ0v) is 13.1. The van der Waals surface area contributed by atoms with Crippen molar-refractivity contribution >= 4 is 10.0 Å². The summed E-state index contributed by atoms with van der Waals surface area (Å²) in [5, 5.41) is 13.5. The fourth-order valence-corrected chi connectivity index (χ4v) is 3.62. The number of aliphatic hydroxyl groups is 1. The SMILES string of the molecule is O=S(=O)(NC[C@H]1OC[C@@H](NCC2CC2)[C@@H]1O)c1ccccc1. The summed E-state index contributed by atoms with van der Waals surface area (Å²) in [6.45, 7) is 1.37. The van der Waals surface area contributed by atoms with Gasteiger partial charge in [-0.1, -0.05) is 18.2 Å². The first-order valence-corrected chi connectivity index (χ1v) is 9.12. The fraction of sp³-hybridized carbons (Fsp3) is 0.600. The Labute approximate surface area is 130 Å². The molecule has 3 rings (SSSR count). The molecule has 122 valence electrons. The molecule has 6 nitrogen and oxygen atoms in total. The van der Waals surface area contributed by atoms with Crippen LogP contribution in [0.3, 0.4) is 0 Å². The van der Waals surface area contributed by atoms with Gasteiger partial charge in [0.1, 0.15) is 0 Å². The molecule has 22 heavy (non-hydrogen) atoms. The van der Waals surface area contributed by atoms with Gasteiger partial charge < -0.3 is 15.2 Å². The number of nitrogens with one attached hydrogen (secondary N) is 2. The van der Waals surface area contributed by atoms with Crippen LogP contribution in [0, 0.1) is 5.92 Å². The molecule has 0 bridgehead atoms. The van der Waals surface area contributed by atoms with Gasteiger partial charge in [0.2, 0.25) is 10.0 Å². The van der Waals surface area contributed by atoms with Crippen molar-refractivity contribution in [2.75, 3.05) is 19.7 Å². The Balaban J connectivity index is 1.51. The van der Waals surface area contributed by atoms with Gasteiger partial charge in [-0.15, -0.1) is 0 Å². The van der Waals surface area contributed by atoms with Gasteiger partial charge in [-0.2, -0.15) is 0 Å². The molecular weight excluding hydrogens is 304 g/mol. The van der Waals surface area contributed by atoms with Crippen LogP contribution in [0.1, 0.15) is 12.8 Å². The largest absolute Gasteiger partial charge is 0.389 e. The number of hydrogen-bond acceptors (Lipinski definition) is 5. The lowest BCUT2D eigenvalue weighted by molar-refractivity contribution is 0.0444. The van der Waals surface area contributed by atoms with Crippen LogP contribution in [0.15, 0.2) is 35.2 Å². The first kappa shape index (κ1) is 15.9. The van der Waals surface area contributed by atoms with E-state index in [1.807, 2.05) is 0 Å². The highest BCUT2D eigenvalue weighted by molar-refractivity contribution is 7.89. The molecule has 1 aromatic carbocycles. The summed E-state index contributed by atoms with van der Waals surface area (Å²) in [4.78, 5) is 0.214. The summed E-state index contributed by atoms with van der Waals surface area (Å²) in [6, 6.07) is 8.06. The lowest BCUT2D eigenvalue weighted by Crippen LogP contribution is -2.45. The number of ether oxygens (including phenoxy) is 1. The maximum atomic E-state index is 12.1. The van der Waals surface area contributed by atoms with E-state index >= 15 is 0 Å². The quantitative estimate of drug-likeness (QED) is 0.661. The van der Waals surface area contributed by atoms with Crippen LogP contribution >= 0.6 is 0 Å². The summed E-state index contributed by atoms with van der Waals surface area (Å²) >= 11 is 0. The molecule has 0 radical (unpaired) electrons. The third-order valence-corrected chi connectivity index (χ3v) is 5.62. The van der Waals surface area contributed by atoms with Gasteiger partial charge in [-0.05, 0) is 37.4 Å². The Hall–Kier alpha value is -0.990. The predicted molar refractivity (Wildman–Crippen MR) is 81.9 cm³/mol. The fourth-order valence-electron chi connectivity index (χ4n) is 2.56. The minimum atomic E-state index is -3.57. The molecule has 0 unspecified atom stereocenters. The molecule has 1 aromatic rings. The summed E-state index contributed by atoms with van der Waals surface area (Å²) in [5.41, 5.74) is 0. The van der Waals surface area contributed by atoms with Crippen LogP contribution in [-0.2, 0) is 14.8 Å². The normalized spacial score (nSPS) is 28.9. The summed E-state index contributed by atoms with van der Waals surface area (Å²) < 4.78 is 32.3. The lowest BCUT2D eigenvalue weighted by Gasteiger charge is -2.18. The highest BCUT2D eigenvalue weighted by Crippen LogP contribution is 2.28. The van der Waals surface area contributed by atoms with E-state index in [4.69, 9.17) is 4.74 Å². The number of sulfonamides is 1. The maximum absolute atomic E-state index is 12.1. The molecule has 1 heterocycles. The van der Waals surface area contributed by atoms with E-state index in [9.17, 15) is 13.5 Å². The van der Waals surface area contributed by atoms with Crippen molar-refractivity contribution in [3.63, 3.8) is 0 Å². The number of aliphatic hydroxyl groups excluding tert-OH is 1. The van der Waals surface area contributed by atoms with Crippen molar-refractivity contribution in [3.05, 3.63) is 30.3 Å². The second kappa shape index (κ2) is 6.64. The van der Waals surface area contributed by atoms with Crippen molar-refractivity contribution in [2.45, 2.75) is 36.0 Å². The molecule has 7 heteroatoms. The molecule has 1 aliphatic carbocycles. The highest BCUT2D eigenvalue weighted by Gasteiger charge is 2.37. The predicted octanol–water partition coefficient (Wildman–Crippen LogP) is 0.0928. The number of benzene rings is 1. The summed E-state index contributed by atoms with van der Waals surface area (Å²) in [7, 11) is -3.57. The molecule has 0 aromatic heterocycles. The average molecular weight is 326 g/mol. The van der Waals surface area contributed by atoms with Crippen molar-refractivity contribution in [2.24, 2.45) is 5.92 Å². The molecule has 1 aliphatic heterocycles. The van der Waals surface area contributed by atoms with Gasteiger partial charge in [0.15, 0.2) is 0 Å². The standard InChI is InChI=1S/C15H22N2O4S/c18-15-13(16-8-11-6-7-11)10-21-14(15)9-17-22(19,20)12-4-2-1-3-5-12/h1-5,11,13-18H,6-10H2/t13-,14-,15+/m1/s1. The van der Waals surface area contributed by atoms with Gasteiger partial charge in [0, 0.05) is 6.54 Å². The first-order chi connectivity index (χ1) is 10.6. The van der Waals surface area contributed by atoms with Gasteiger partial charge >= 0.3 is 0 Å². The molecular formula is C15H22N2O4S. The molecule has 2 aliphatic rings. The van der Waals surface area contributed by atoms with Crippen molar-refractivity contribution in [1.82, 2.24) is 10.0 Å². The van der Waals surface area contributed by atoms with E-state index in [-0.39, 0.29) is 17.5 Å². The molecule has 0 spiro atoms. The minimum absolute atomic E-state index is 0.0694. The maximum Gasteiger partial charge on any atom is 0.240 e. The molecule has 3 N–H and O–H groups in total. The Morgan fingerprint density at radius 3 is 2.59 bits per heavy atom. The topological polar surface area (TPSA) is 87.7 Å². The van der Waals surface area contributed by atoms with E-state index in [1.54, 1.807) is 18.2 Å². The smallest absolute Gasteiger partial charge is 0.240 e. The molecule has 3 atom stereocenters. The lowest BCUT2D eigenvalue weighted by atomic mass is 10.1. The average Bonchev–Trinajstić information content (AvgIpc) is 3.28. The molecule has 0 amide bonds. The zero-order valence-electron chi connectivity index (χ0n) is 12.3. The van der Waals surface area contributed by atoms with Crippen molar-refractivity contribution < 1.29 is 18.3 Å². The van der Waals surface area contributed by atoms with E-state index in [0.717, 1.165) is 12.5 Å². The van der Waals surface area contributed by atoms with E-state index in [1.165, 1.54) is 25.0 Å². The van der Waals surface area contributed by atoms with Crippen LogP contribution < -0.4 is 10.0 Å². The second-order valence-corrected chi connectivity index (χ2v) is 7.75. The minimum Gasteiger partial charge on any atom is -0.389 e. The highest BCUT2D eigenvalue weighted by atomic mass is 32.2. The third kappa shape index (κ3) is 3.85. The van der Waals surface area contributed by atoms with Gasteiger partial charge in [0.25, 0.3) is 0 Å². The van der Waals surface area contributed by atoms with Crippen LogP contribution in [0.25, 0.3) is 0 Å². The number of rotatable bonds is 7. The summed E-state index contributed by atoms with van der Waals surface area (Å²) in [6.07, 6.45) is 1.28. The Morgan fingerprint density at radius 1 is 1.18 bits per heavy atom. The number of hydrogen-bond donors (Lipinski definition) is 3. The Morgan fingerprint density at radius 2 is 1.91 bits per heavy atom. The van der Waals surface area contributed by atoms with E-state index < -0.39 is 22.2 Å². The van der Waals surface area contributed by atoms with E-state index in [0.29, 0.717) is 6.61 Å². The van der Waals surface area contributed by atoms with Crippen LogP contribution in [0.4, 0.5) is 0 Å². The molecule has 2 fully saturated rings. The van der Waals surface area contributed by atoms with Gasteiger partial charge in [-0.3, -0.25) is 0 Å². The van der Waals surface area contributed by atoms with Crippen LogP contribution in [-0.4, -0.2) is 51.5 Å². The Bertz CT molecular complexity index is 589. The van der Waals surface area contributed by atoms with Crippen molar-refractivity contribution in [3.8, 4) is 0 Å². The van der Waals surface area contributed by atoms with E-state index in [2.05, 4.69) is 10.0 Å². The second-order valence-electron chi connectivity index (χ2n) is 5.99. The third-order valence-electron chi connectivity index (χ3n) is 4.18. The van der Waals surface area contributed by atoms with Crippen LogP contribution in [0.5, 0.6) is 0 Å². The summed E-state index contributed by atoms with van der Waals surface area (Å²) in [5.74, 6) is 0.725. The van der Waals surface area contributed by atoms with Crippen LogP contribution in [0.2, 0.25) is 0 Å². The van der Waals surface area contributed by atoms with Gasteiger partial charge in [0.05, 0.1) is 29.8 Å².